The third-order valence-electron chi connectivity index (χ3n) is 7.20. The zero-order valence-electron chi connectivity index (χ0n) is 21.1. The van der Waals surface area contributed by atoms with Crippen LogP contribution in [0.25, 0.3) is 0 Å². The molecule has 7 N–H and O–H groups in total. The molecule has 34 heavy (non-hydrogen) atoms. The van der Waals surface area contributed by atoms with Gasteiger partial charge < -0.3 is 26.9 Å². The van der Waals surface area contributed by atoms with E-state index in [1.54, 1.807) is 0 Å². The predicted octanol–water partition coefficient (Wildman–Crippen LogP) is 5.81. The first-order valence-electron chi connectivity index (χ1n) is 13.4. The van der Waals surface area contributed by atoms with Gasteiger partial charge >= 0.3 is 5.97 Å². The molecule has 7 nitrogen and oxygen atoms in total. The molecule has 0 aliphatic heterocycles. The number of nitrogens with one attached hydrogen (secondary N) is 2. The molecule has 0 spiro atoms. The number of nitrogens with zero attached hydrogens (tertiary/aromatic N) is 1. The number of aromatic amines is 1. The Kier molecular flexibility index (Phi) is 13.3. The summed E-state index contributed by atoms with van der Waals surface area (Å²) in [7, 11) is 0. The Hall–Kier alpha value is -2.44. The molecule has 0 bridgehead atoms. The van der Waals surface area contributed by atoms with Crippen molar-refractivity contribution in [3.05, 3.63) is 30.0 Å². The summed E-state index contributed by atoms with van der Waals surface area (Å²) >= 11 is 0. The van der Waals surface area contributed by atoms with Crippen molar-refractivity contribution >= 4 is 17.7 Å². The molecular weight excluding hydrogens is 426 g/mol. The van der Waals surface area contributed by atoms with Gasteiger partial charge in [0.25, 0.3) is 0 Å². The van der Waals surface area contributed by atoms with E-state index >= 15 is 0 Å². The molecule has 0 unspecified atom stereocenters. The number of hydrogen-bond donors (Lipinski definition) is 5. The van der Waals surface area contributed by atoms with Crippen LogP contribution in [-0.4, -0.2) is 34.6 Å². The highest BCUT2D eigenvalue weighted by Crippen LogP contribution is 2.36. The maximum absolute atomic E-state index is 11.6. The molecular formula is C27H47N5O2. The van der Waals surface area contributed by atoms with Gasteiger partial charge in [0.2, 0.25) is 0 Å². The summed E-state index contributed by atoms with van der Waals surface area (Å²) in [6.45, 7) is 2.44. The zero-order chi connectivity index (χ0) is 24.6. The third-order valence-corrected chi connectivity index (χ3v) is 7.20. The predicted molar refractivity (Wildman–Crippen MR) is 142 cm³/mol. The highest BCUT2D eigenvalue weighted by Gasteiger charge is 2.25. The summed E-state index contributed by atoms with van der Waals surface area (Å²) in [5, 5.41) is 13.0. The number of carbonyl (C=O) groups is 1. The number of guanidine groups is 1. The van der Waals surface area contributed by atoms with Gasteiger partial charge in [-0.1, -0.05) is 84.0 Å². The second-order valence-corrected chi connectivity index (χ2v) is 9.87. The summed E-state index contributed by atoms with van der Waals surface area (Å²) in [4.78, 5) is 18.9. The molecule has 0 saturated heterocycles. The van der Waals surface area contributed by atoms with E-state index in [2.05, 4.69) is 22.2 Å². The highest BCUT2D eigenvalue weighted by atomic mass is 16.4. The molecule has 1 heterocycles. The number of H-pyrrole nitrogens is 1. The number of aromatic nitrogens is 1. The number of anilines is 1. The number of carboxylic acids is 1. The van der Waals surface area contributed by atoms with Crippen LogP contribution in [0, 0.1) is 11.8 Å². The smallest absolute Gasteiger partial charge is 0.328 e. The number of aliphatic imine (C=N–C) groups is 1. The number of nitrogens with two attached hydrogens (primary N) is 2. The van der Waals surface area contributed by atoms with Crippen LogP contribution in [0.4, 0.5) is 5.82 Å². The van der Waals surface area contributed by atoms with Gasteiger partial charge in [0.05, 0.1) is 12.6 Å². The summed E-state index contributed by atoms with van der Waals surface area (Å²) < 4.78 is 0. The zero-order valence-corrected chi connectivity index (χ0v) is 21.1. The number of rotatable bonds is 17. The van der Waals surface area contributed by atoms with E-state index in [-0.39, 0.29) is 18.5 Å². The van der Waals surface area contributed by atoms with Crippen LogP contribution >= 0.6 is 0 Å². The molecule has 0 radical (unpaired) electrons. The molecule has 1 fully saturated rings. The molecule has 0 aromatic carbocycles. The van der Waals surface area contributed by atoms with Crippen molar-refractivity contribution in [1.29, 1.82) is 0 Å². The fourth-order valence-corrected chi connectivity index (χ4v) is 5.34. The van der Waals surface area contributed by atoms with Crippen molar-refractivity contribution in [2.75, 3.05) is 11.9 Å². The van der Waals surface area contributed by atoms with Crippen molar-refractivity contribution in [3.63, 3.8) is 0 Å². The average molecular weight is 474 g/mol. The minimum Gasteiger partial charge on any atom is -0.478 e. The Morgan fingerprint density at radius 3 is 2.53 bits per heavy atom. The maximum atomic E-state index is 11.6. The first-order valence-corrected chi connectivity index (χ1v) is 13.4. The van der Waals surface area contributed by atoms with E-state index in [0.717, 1.165) is 24.6 Å². The standard InChI is InChI=1S/C27H47N5O2/c1-2-3-4-5-6-8-14-22(21-12-9-7-10-13-21)16-17-24(32-25-15-11-18-30-25)23(19-26(33)34)20-31-27(28)29/h11,15,18-19,21-22,24,30,32H,2-10,12-14,16-17,20H2,1H3,(H,33,34)(H4,28,29,31)/b23-19+/t22-,24-/m1/s1. The van der Waals surface area contributed by atoms with Gasteiger partial charge in [-0.15, -0.1) is 0 Å². The normalized spacial score (nSPS) is 16.7. The molecule has 1 aromatic heterocycles. The third kappa shape index (κ3) is 11.1. The number of aliphatic carboxylic acids is 1. The second kappa shape index (κ2) is 16.2. The van der Waals surface area contributed by atoms with E-state index in [4.69, 9.17) is 11.5 Å². The van der Waals surface area contributed by atoms with Crippen molar-refractivity contribution < 1.29 is 9.90 Å². The van der Waals surface area contributed by atoms with Gasteiger partial charge in [0.1, 0.15) is 5.82 Å². The quantitative estimate of drug-likeness (QED) is 0.0844. The minimum atomic E-state index is -0.977. The number of unbranched alkanes of at least 4 members (excludes halogenated alkanes) is 5. The van der Waals surface area contributed by atoms with Crippen LogP contribution in [-0.2, 0) is 4.79 Å². The molecule has 1 aromatic rings. The van der Waals surface area contributed by atoms with E-state index in [1.807, 2.05) is 18.3 Å². The maximum Gasteiger partial charge on any atom is 0.328 e. The van der Waals surface area contributed by atoms with Gasteiger partial charge in [0, 0.05) is 12.3 Å². The van der Waals surface area contributed by atoms with Crippen LogP contribution in [0.2, 0.25) is 0 Å². The lowest BCUT2D eigenvalue weighted by Crippen LogP contribution is -2.29. The lowest BCUT2D eigenvalue weighted by Gasteiger charge is -2.32. The first-order chi connectivity index (χ1) is 16.5. The Morgan fingerprint density at radius 1 is 1.15 bits per heavy atom. The van der Waals surface area contributed by atoms with Crippen molar-refractivity contribution in [1.82, 2.24) is 4.98 Å². The van der Waals surface area contributed by atoms with Crippen LogP contribution < -0.4 is 16.8 Å². The van der Waals surface area contributed by atoms with E-state index in [0.29, 0.717) is 11.5 Å². The Bertz CT molecular complexity index is 734. The summed E-state index contributed by atoms with van der Waals surface area (Å²) in [5.41, 5.74) is 11.8. The van der Waals surface area contributed by atoms with Crippen molar-refractivity contribution in [3.8, 4) is 0 Å². The highest BCUT2D eigenvalue weighted by molar-refractivity contribution is 5.81. The molecule has 1 aliphatic rings. The first kappa shape index (κ1) is 27.8. The second-order valence-electron chi connectivity index (χ2n) is 9.87. The van der Waals surface area contributed by atoms with Crippen LogP contribution in [0.5, 0.6) is 0 Å². The topological polar surface area (TPSA) is 130 Å². The molecule has 2 atom stereocenters. The van der Waals surface area contributed by atoms with Gasteiger partial charge in [0.15, 0.2) is 5.96 Å². The average Bonchev–Trinajstić information content (AvgIpc) is 3.33. The van der Waals surface area contributed by atoms with Gasteiger partial charge in [-0.05, 0) is 42.4 Å². The van der Waals surface area contributed by atoms with Crippen LogP contribution in [0.3, 0.4) is 0 Å². The van der Waals surface area contributed by atoms with Crippen molar-refractivity contribution in [2.45, 2.75) is 103 Å². The summed E-state index contributed by atoms with van der Waals surface area (Å²) in [5.74, 6) is 1.35. The molecule has 1 saturated carbocycles. The summed E-state index contributed by atoms with van der Waals surface area (Å²) in [6.07, 6.45) is 21.0. The fraction of sp³-hybridized carbons (Fsp3) is 0.704. The Morgan fingerprint density at radius 2 is 1.88 bits per heavy atom. The minimum absolute atomic E-state index is 0.0296. The number of hydrogen-bond acceptors (Lipinski definition) is 3. The summed E-state index contributed by atoms with van der Waals surface area (Å²) in [6, 6.07) is 3.74. The van der Waals surface area contributed by atoms with E-state index in [1.165, 1.54) is 83.1 Å². The molecule has 192 valence electrons. The van der Waals surface area contributed by atoms with Crippen molar-refractivity contribution in [2.24, 2.45) is 28.3 Å². The monoisotopic (exact) mass is 473 g/mol. The largest absolute Gasteiger partial charge is 0.478 e. The Labute approximate surface area is 205 Å². The molecule has 7 heteroatoms. The number of carboxylic acid groups (broad SMARTS) is 1. The molecule has 2 rings (SSSR count). The Balaban J connectivity index is 2.09. The van der Waals surface area contributed by atoms with Crippen LogP contribution in [0.15, 0.2) is 35.0 Å². The molecule has 0 amide bonds. The van der Waals surface area contributed by atoms with Gasteiger partial charge in [-0.3, -0.25) is 0 Å². The fourth-order valence-electron chi connectivity index (χ4n) is 5.34. The van der Waals surface area contributed by atoms with E-state index < -0.39 is 5.97 Å². The molecule has 1 aliphatic carbocycles. The van der Waals surface area contributed by atoms with Gasteiger partial charge in [-0.2, -0.15) is 0 Å². The lowest BCUT2D eigenvalue weighted by molar-refractivity contribution is -0.131. The van der Waals surface area contributed by atoms with Gasteiger partial charge in [-0.25, -0.2) is 9.79 Å². The lowest BCUT2D eigenvalue weighted by atomic mass is 9.75. The SMILES string of the molecule is CCCCCCCC[C@H](CC[C@@H](Nc1ccc[nH]1)/C(=C/C(=O)O)CN=C(N)N)C1CCCCC1. The van der Waals surface area contributed by atoms with Crippen LogP contribution in [0.1, 0.15) is 96.8 Å². The van der Waals surface area contributed by atoms with E-state index in [9.17, 15) is 9.90 Å².